The standard InChI is InChI=1S/C12H11FN2O/c1-2-12-14-5-6-15(12)11-4-3-10(13)7-9(11)8-16/h3-8H,2H2,1H3. The van der Waals surface area contributed by atoms with Crippen molar-refractivity contribution in [2.75, 3.05) is 0 Å². The Hall–Kier alpha value is -1.97. The molecule has 1 aromatic carbocycles. The number of aldehydes is 1. The maximum absolute atomic E-state index is 13.0. The number of aromatic nitrogens is 2. The molecule has 0 radical (unpaired) electrons. The molecule has 0 unspecified atom stereocenters. The van der Waals surface area contributed by atoms with E-state index >= 15 is 0 Å². The number of benzene rings is 1. The van der Waals surface area contributed by atoms with Crippen LogP contribution in [0.5, 0.6) is 0 Å². The molecule has 0 atom stereocenters. The minimum atomic E-state index is -0.413. The van der Waals surface area contributed by atoms with Crippen LogP contribution in [0, 0.1) is 5.82 Å². The van der Waals surface area contributed by atoms with Crippen LogP contribution in [0.2, 0.25) is 0 Å². The van der Waals surface area contributed by atoms with Crippen LogP contribution in [-0.2, 0) is 6.42 Å². The number of carbonyl (C=O) groups is 1. The highest BCUT2D eigenvalue weighted by atomic mass is 19.1. The third kappa shape index (κ3) is 1.74. The van der Waals surface area contributed by atoms with Crippen molar-refractivity contribution in [1.82, 2.24) is 9.55 Å². The van der Waals surface area contributed by atoms with E-state index in [1.165, 1.54) is 12.1 Å². The van der Waals surface area contributed by atoms with Crippen LogP contribution in [0.15, 0.2) is 30.6 Å². The van der Waals surface area contributed by atoms with Crippen molar-refractivity contribution in [2.24, 2.45) is 0 Å². The summed E-state index contributed by atoms with van der Waals surface area (Å²) in [5, 5.41) is 0. The van der Waals surface area contributed by atoms with Crippen LogP contribution in [0.25, 0.3) is 5.69 Å². The van der Waals surface area contributed by atoms with Gasteiger partial charge in [-0.25, -0.2) is 9.37 Å². The second-order valence-electron chi connectivity index (χ2n) is 3.39. The van der Waals surface area contributed by atoms with E-state index in [-0.39, 0.29) is 0 Å². The van der Waals surface area contributed by atoms with Crippen molar-refractivity contribution in [3.05, 3.63) is 47.8 Å². The fourth-order valence-corrected chi connectivity index (χ4v) is 1.65. The average Bonchev–Trinajstić information content (AvgIpc) is 2.76. The van der Waals surface area contributed by atoms with Crippen molar-refractivity contribution >= 4 is 6.29 Å². The molecule has 1 aromatic heterocycles. The molecule has 0 spiro atoms. The van der Waals surface area contributed by atoms with Gasteiger partial charge in [-0.3, -0.25) is 4.79 Å². The fourth-order valence-electron chi connectivity index (χ4n) is 1.65. The molecule has 16 heavy (non-hydrogen) atoms. The number of aryl methyl sites for hydroxylation is 1. The molecule has 0 N–H and O–H groups in total. The molecule has 0 saturated heterocycles. The molecule has 3 nitrogen and oxygen atoms in total. The topological polar surface area (TPSA) is 34.9 Å². The number of hydrogen-bond donors (Lipinski definition) is 0. The van der Waals surface area contributed by atoms with Crippen molar-refractivity contribution < 1.29 is 9.18 Å². The highest BCUT2D eigenvalue weighted by Crippen LogP contribution is 2.16. The van der Waals surface area contributed by atoms with E-state index in [0.717, 1.165) is 12.2 Å². The Morgan fingerprint density at radius 3 is 3.00 bits per heavy atom. The number of rotatable bonds is 3. The summed E-state index contributed by atoms with van der Waals surface area (Å²) >= 11 is 0. The summed E-state index contributed by atoms with van der Waals surface area (Å²) < 4.78 is 14.8. The van der Waals surface area contributed by atoms with Crippen molar-refractivity contribution in [3.8, 4) is 5.69 Å². The molecule has 0 aliphatic rings. The quantitative estimate of drug-likeness (QED) is 0.741. The molecule has 0 aliphatic heterocycles. The number of carbonyl (C=O) groups excluding carboxylic acids is 1. The Balaban J connectivity index is 2.59. The summed E-state index contributed by atoms with van der Waals surface area (Å²) in [6.45, 7) is 1.98. The predicted molar refractivity (Wildman–Crippen MR) is 58.3 cm³/mol. The van der Waals surface area contributed by atoms with Gasteiger partial charge in [0.05, 0.1) is 5.69 Å². The number of hydrogen-bond acceptors (Lipinski definition) is 2. The van der Waals surface area contributed by atoms with E-state index in [4.69, 9.17) is 0 Å². The molecule has 2 rings (SSSR count). The van der Waals surface area contributed by atoms with Gasteiger partial charge in [-0.05, 0) is 18.2 Å². The molecule has 1 heterocycles. The minimum Gasteiger partial charge on any atom is -0.303 e. The Labute approximate surface area is 92.5 Å². The lowest BCUT2D eigenvalue weighted by atomic mass is 10.2. The molecule has 0 aliphatic carbocycles. The van der Waals surface area contributed by atoms with Gasteiger partial charge in [-0.15, -0.1) is 0 Å². The summed E-state index contributed by atoms with van der Waals surface area (Å²) in [5.74, 6) is 0.429. The van der Waals surface area contributed by atoms with Crippen molar-refractivity contribution in [2.45, 2.75) is 13.3 Å². The first-order valence-corrected chi connectivity index (χ1v) is 5.03. The molecule has 4 heteroatoms. The summed E-state index contributed by atoms with van der Waals surface area (Å²) in [4.78, 5) is 15.0. The largest absolute Gasteiger partial charge is 0.303 e. The van der Waals surface area contributed by atoms with Crippen LogP contribution in [0.3, 0.4) is 0 Å². The van der Waals surface area contributed by atoms with Gasteiger partial charge in [0.25, 0.3) is 0 Å². The summed E-state index contributed by atoms with van der Waals surface area (Å²) in [6.07, 6.45) is 4.83. The Kier molecular flexibility index (Phi) is 2.81. The highest BCUT2D eigenvalue weighted by Gasteiger charge is 2.08. The second-order valence-corrected chi connectivity index (χ2v) is 3.39. The lowest BCUT2D eigenvalue weighted by Crippen LogP contribution is -2.03. The molecule has 0 fully saturated rings. The Morgan fingerprint density at radius 2 is 2.31 bits per heavy atom. The van der Waals surface area contributed by atoms with Gasteiger partial charge in [-0.1, -0.05) is 6.92 Å². The maximum Gasteiger partial charge on any atom is 0.152 e. The van der Waals surface area contributed by atoms with Gasteiger partial charge in [0.2, 0.25) is 0 Å². The van der Waals surface area contributed by atoms with Crippen LogP contribution < -0.4 is 0 Å². The van der Waals surface area contributed by atoms with Gasteiger partial charge in [0.1, 0.15) is 11.6 Å². The number of imidazole rings is 1. The first-order chi connectivity index (χ1) is 7.76. The third-order valence-corrected chi connectivity index (χ3v) is 2.41. The average molecular weight is 218 g/mol. The first-order valence-electron chi connectivity index (χ1n) is 5.03. The van der Waals surface area contributed by atoms with Crippen LogP contribution in [0.1, 0.15) is 23.1 Å². The molecule has 0 saturated carbocycles. The molecule has 82 valence electrons. The van der Waals surface area contributed by atoms with Crippen LogP contribution >= 0.6 is 0 Å². The number of halogens is 1. The van der Waals surface area contributed by atoms with Gasteiger partial charge in [-0.2, -0.15) is 0 Å². The third-order valence-electron chi connectivity index (χ3n) is 2.41. The monoisotopic (exact) mass is 218 g/mol. The summed E-state index contributed by atoms with van der Waals surface area (Å²) in [6, 6.07) is 4.14. The summed E-state index contributed by atoms with van der Waals surface area (Å²) in [5.41, 5.74) is 0.985. The van der Waals surface area contributed by atoms with E-state index in [2.05, 4.69) is 4.98 Å². The zero-order valence-corrected chi connectivity index (χ0v) is 8.85. The lowest BCUT2D eigenvalue weighted by Gasteiger charge is -2.08. The second kappa shape index (κ2) is 4.26. The fraction of sp³-hybridized carbons (Fsp3) is 0.167. The van der Waals surface area contributed by atoms with E-state index in [1.807, 2.05) is 6.92 Å². The molecule has 0 bridgehead atoms. The van der Waals surface area contributed by atoms with Crippen LogP contribution in [0.4, 0.5) is 4.39 Å². The van der Waals surface area contributed by atoms with Gasteiger partial charge in [0.15, 0.2) is 6.29 Å². The van der Waals surface area contributed by atoms with E-state index in [9.17, 15) is 9.18 Å². The van der Waals surface area contributed by atoms with E-state index < -0.39 is 5.82 Å². The molecular weight excluding hydrogens is 207 g/mol. The Morgan fingerprint density at radius 1 is 1.50 bits per heavy atom. The highest BCUT2D eigenvalue weighted by molar-refractivity contribution is 5.80. The van der Waals surface area contributed by atoms with Crippen LogP contribution in [-0.4, -0.2) is 15.8 Å². The zero-order valence-electron chi connectivity index (χ0n) is 8.85. The van der Waals surface area contributed by atoms with Crippen molar-refractivity contribution in [1.29, 1.82) is 0 Å². The molecule has 2 aromatic rings. The number of nitrogens with zero attached hydrogens (tertiary/aromatic N) is 2. The van der Waals surface area contributed by atoms with Gasteiger partial charge < -0.3 is 4.57 Å². The normalized spacial score (nSPS) is 10.4. The molecular formula is C12H11FN2O. The zero-order chi connectivity index (χ0) is 11.5. The minimum absolute atomic E-state index is 0.327. The Bertz CT molecular complexity index is 519. The first kappa shape index (κ1) is 10.5. The summed E-state index contributed by atoms with van der Waals surface area (Å²) in [7, 11) is 0. The van der Waals surface area contributed by atoms with E-state index in [0.29, 0.717) is 17.5 Å². The molecule has 0 amide bonds. The lowest BCUT2D eigenvalue weighted by molar-refractivity contribution is 0.112. The van der Waals surface area contributed by atoms with Crippen molar-refractivity contribution in [3.63, 3.8) is 0 Å². The predicted octanol–water partition coefficient (Wildman–Crippen LogP) is 2.39. The van der Waals surface area contributed by atoms with Gasteiger partial charge >= 0.3 is 0 Å². The van der Waals surface area contributed by atoms with E-state index in [1.54, 1.807) is 23.0 Å². The van der Waals surface area contributed by atoms with Gasteiger partial charge in [0, 0.05) is 24.4 Å². The smallest absolute Gasteiger partial charge is 0.152 e. The SMILES string of the molecule is CCc1nccn1-c1ccc(F)cc1C=O. The maximum atomic E-state index is 13.0.